The van der Waals surface area contributed by atoms with Gasteiger partial charge in [0, 0.05) is 0 Å². The standard InChI is InChI=1S/C17H23NO4/c1-2-10-22-14-7-5-6-13(11-14)12-15(19)18-17(16(20)21)8-3-4-9-17/h5-7,11H,2-4,8-10,12H2,1H3,(H,18,19)(H,20,21). The molecule has 0 heterocycles. The molecule has 1 aromatic rings. The number of carboxylic acids is 1. The maximum absolute atomic E-state index is 12.2. The Morgan fingerprint density at radius 3 is 2.68 bits per heavy atom. The monoisotopic (exact) mass is 305 g/mol. The summed E-state index contributed by atoms with van der Waals surface area (Å²) in [5.74, 6) is -0.448. The van der Waals surface area contributed by atoms with Crippen LogP contribution in [0, 0.1) is 0 Å². The molecule has 0 bridgehead atoms. The number of hydrogen-bond acceptors (Lipinski definition) is 3. The topological polar surface area (TPSA) is 75.6 Å². The predicted octanol–water partition coefficient (Wildman–Crippen LogP) is 2.53. The van der Waals surface area contributed by atoms with Crippen LogP contribution in [0.5, 0.6) is 5.75 Å². The summed E-state index contributed by atoms with van der Waals surface area (Å²) in [6.07, 6.45) is 3.78. The molecule has 0 saturated heterocycles. The van der Waals surface area contributed by atoms with Gasteiger partial charge in [-0.15, -0.1) is 0 Å². The molecular formula is C17H23NO4. The van der Waals surface area contributed by atoms with E-state index in [0.717, 1.165) is 30.6 Å². The highest BCUT2D eigenvalue weighted by Gasteiger charge is 2.42. The van der Waals surface area contributed by atoms with Crippen LogP contribution in [-0.2, 0) is 16.0 Å². The smallest absolute Gasteiger partial charge is 0.329 e. The lowest BCUT2D eigenvalue weighted by atomic mass is 9.97. The molecule has 0 aromatic heterocycles. The molecule has 1 saturated carbocycles. The zero-order valence-electron chi connectivity index (χ0n) is 12.9. The molecule has 5 heteroatoms. The third-order valence-electron chi connectivity index (χ3n) is 3.98. The van der Waals surface area contributed by atoms with Crippen LogP contribution >= 0.6 is 0 Å². The zero-order valence-corrected chi connectivity index (χ0v) is 12.9. The maximum Gasteiger partial charge on any atom is 0.329 e. The fourth-order valence-corrected chi connectivity index (χ4v) is 2.83. The summed E-state index contributed by atoms with van der Waals surface area (Å²) in [5, 5.41) is 12.1. The lowest BCUT2D eigenvalue weighted by molar-refractivity contribution is -0.147. The average molecular weight is 305 g/mol. The average Bonchev–Trinajstić information content (AvgIpc) is 2.95. The molecule has 0 atom stereocenters. The number of carbonyl (C=O) groups is 2. The molecule has 2 rings (SSSR count). The highest BCUT2D eigenvalue weighted by Crippen LogP contribution is 2.30. The molecular weight excluding hydrogens is 282 g/mol. The number of amides is 1. The first-order valence-corrected chi connectivity index (χ1v) is 7.82. The Labute approximate surface area is 130 Å². The second-order valence-electron chi connectivity index (χ2n) is 5.82. The molecule has 1 fully saturated rings. The van der Waals surface area contributed by atoms with Gasteiger partial charge in [0.2, 0.25) is 5.91 Å². The Hall–Kier alpha value is -2.04. The second-order valence-corrected chi connectivity index (χ2v) is 5.82. The van der Waals surface area contributed by atoms with Gasteiger partial charge in [-0.3, -0.25) is 4.79 Å². The fourth-order valence-electron chi connectivity index (χ4n) is 2.83. The molecule has 0 unspecified atom stereocenters. The third kappa shape index (κ3) is 4.00. The van der Waals surface area contributed by atoms with Gasteiger partial charge in [-0.25, -0.2) is 4.79 Å². The van der Waals surface area contributed by atoms with E-state index in [1.54, 1.807) is 0 Å². The predicted molar refractivity (Wildman–Crippen MR) is 82.9 cm³/mol. The van der Waals surface area contributed by atoms with Crippen molar-refractivity contribution in [3.8, 4) is 5.75 Å². The number of carboxylic acid groups (broad SMARTS) is 1. The van der Waals surface area contributed by atoms with E-state index in [0.29, 0.717) is 19.4 Å². The van der Waals surface area contributed by atoms with E-state index in [1.165, 1.54) is 0 Å². The Balaban J connectivity index is 1.98. The minimum atomic E-state index is -1.08. The summed E-state index contributed by atoms with van der Waals surface area (Å²) in [6.45, 7) is 2.67. The Morgan fingerprint density at radius 1 is 1.32 bits per heavy atom. The molecule has 1 aromatic carbocycles. The van der Waals surface area contributed by atoms with Gasteiger partial charge < -0.3 is 15.2 Å². The first-order valence-electron chi connectivity index (χ1n) is 7.82. The van der Waals surface area contributed by atoms with Crippen molar-refractivity contribution in [2.24, 2.45) is 0 Å². The van der Waals surface area contributed by atoms with Gasteiger partial charge in [-0.2, -0.15) is 0 Å². The van der Waals surface area contributed by atoms with Crippen molar-refractivity contribution in [2.45, 2.75) is 51.0 Å². The zero-order chi connectivity index (χ0) is 16.0. The van der Waals surface area contributed by atoms with Crippen LogP contribution in [0.25, 0.3) is 0 Å². The minimum Gasteiger partial charge on any atom is -0.494 e. The number of nitrogens with one attached hydrogen (secondary N) is 1. The van der Waals surface area contributed by atoms with Gasteiger partial charge in [-0.05, 0) is 37.0 Å². The number of rotatable bonds is 7. The molecule has 5 nitrogen and oxygen atoms in total. The van der Waals surface area contributed by atoms with Crippen molar-refractivity contribution in [2.75, 3.05) is 6.61 Å². The van der Waals surface area contributed by atoms with E-state index in [4.69, 9.17) is 4.74 Å². The largest absolute Gasteiger partial charge is 0.494 e. The van der Waals surface area contributed by atoms with Gasteiger partial charge in [-0.1, -0.05) is 31.9 Å². The molecule has 1 aliphatic carbocycles. The van der Waals surface area contributed by atoms with E-state index in [9.17, 15) is 14.7 Å². The van der Waals surface area contributed by atoms with Crippen molar-refractivity contribution in [1.82, 2.24) is 5.32 Å². The highest BCUT2D eigenvalue weighted by molar-refractivity contribution is 5.88. The van der Waals surface area contributed by atoms with Crippen LogP contribution in [0.3, 0.4) is 0 Å². The van der Waals surface area contributed by atoms with E-state index in [-0.39, 0.29) is 12.3 Å². The van der Waals surface area contributed by atoms with Gasteiger partial charge in [0.15, 0.2) is 0 Å². The summed E-state index contributed by atoms with van der Waals surface area (Å²) < 4.78 is 5.54. The van der Waals surface area contributed by atoms with E-state index in [2.05, 4.69) is 5.32 Å². The summed E-state index contributed by atoms with van der Waals surface area (Å²) in [5.41, 5.74) is -0.252. The van der Waals surface area contributed by atoms with Crippen molar-refractivity contribution in [3.05, 3.63) is 29.8 Å². The van der Waals surface area contributed by atoms with Crippen LogP contribution in [0.4, 0.5) is 0 Å². The first-order chi connectivity index (χ1) is 10.6. The second kappa shape index (κ2) is 7.29. The Bertz CT molecular complexity index is 535. The highest BCUT2D eigenvalue weighted by atomic mass is 16.5. The molecule has 22 heavy (non-hydrogen) atoms. The van der Waals surface area contributed by atoms with Crippen LogP contribution in [0.2, 0.25) is 0 Å². The van der Waals surface area contributed by atoms with Gasteiger partial charge >= 0.3 is 5.97 Å². The van der Waals surface area contributed by atoms with E-state index < -0.39 is 11.5 Å². The van der Waals surface area contributed by atoms with Crippen molar-refractivity contribution in [1.29, 1.82) is 0 Å². The SMILES string of the molecule is CCCOc1cccc(CC(=O)NC2(C(=O)O)CCCC2)c1. The molecule has 2 N–H and O–H groups in total. The fraction of sp³-hybridized carbons (Fsp3) is 0.529. The van der Waals surface area contributed by atoms with Crippen LogP contribution in [-0.4, -0.2) is 29.1 Å². The molecule has 0 spiro atoms. The first kappa shape index (κ1) is 16.3. The number of hydrogen-bond donors (Lipinski definition) is 2. The summed E-state index contributed by atoms with van der Waals surface area (Å²) in [4.78, 5) is 23.6. The summed E-state index contributed by atoms with van der Waals surface area (Å²) in [6, 6.07) is 7.38. The number of ether oxygens (including phenoxy) is 1. The normalized spacial score (nSPS) is 16.2. The number of benzene rings is 1. The molecule has 0 radical (unpaired) electrons. The maximum atomic E-state index is 12.2. The molecule has 120 valence electrons. The third-order valence-corrected chi connectivity index (χ3v) is 3.98. The number of aliphatic carboxylic acids is 1. The minimum absolute atomic E-state index is 0.165. The molecule has 1 amide bonds. The molecule has 1 aliphatic rings. The Morgan fingerprint density at radius 2 is 2.05 bits per heavy atom. The number of carbonyl (C=O) groups excluding carboxylic acids is 1. The van der Waals surface area contributed by atoms with Crippen molar-refractivity contribution >= 4 is 11.9 Å². The lowest BCUT2D eigenvalue weighted by Gasteiger charge is -2.25. The van der Waals surface area contributed by atoms with Crippen LogP contribution in [0.1, 0.15) is 44.6 Å². The van der Waals surface area contributed by atoms with Crippen molar-refractivity contribution in [3.63, 3.8) is 0 Å². The van der Waals surface area contributed by atoms with E-state index >= 15 is 0 Å². The van der Waals surface area contributed by atoms with E-state index in [1.807, 2.05) is 31.2 Å². The Kier molecular flexibility index (Phi) is 5.41. The summed E-state index contributed by atoms with van der Waals surface area (Å²) in [7, 11) is 0. The van der Waals surface area contributed by atoms with Gasteiger partial charge in [0.05, 0.1) is 13.0 Å². The molecule has 0 aliphatic heterocycles. The van der Waals surface area contributed by atoms with Crippen LogP contribution < -0.4 is 10.1 Å². The van der Waals surface area contributed by atoms with Gasteiger partial charge in [0.1, 0.15) is 11.3 Å². The lowest BCUT2D eigenvalue weighted by Crippen LogP contribution is -2.52. The van der Waals surface area contributed by atoms with Gasteiger partial charge in [0.25, 0.3) is 0 Å². The summed E-state index contributed by atoms with van der Waals surface area (Å²) >= 11 is 0. The van der Waals surface area contributed by atoms with Crippen LogP contribution in [0.15, 0.2) is 24.3 Å². The quantitative estimate of drug-likeness (QED) is 0.811. The van der Waals surface area contributed by atoms with Crippen molar-refractivity contribution < 1.29 is 19.4 Å².